The number of hydrogen-bond acceptors (Lipinski definition) is 2. The molecule has 0 fully saturated rings. The number of fused-ring (bicyclic) bond motifs is 1. The van der Waals surface area contributed by atoms with E-state index in [9.17, 15) is 4.79 Å². The number of aryl methyl sites for hydroxylation is 2. The van der Waals surface area contributed by atoms with Gasteiger partial charge in [-0.15, -0.1) is 0 Å². The summed E-state index contributed by atoms with van der Waals surface area (Å²) in [5.41, 5.74) is 4.55. The van der Waals surface area contributed by atoms with Gasteiger partial charge in [-0.3, -0.25) is 9.48 Å². The van der Waals surface area contributed by atoms with Gasteiger partial charge >= 0.3 is 0 Å². The highest BCUT2D eigenvalue weighted by molar-refractivity contribution is 9.10. The maximum Gasteiger partial charge on any atom is 0.244 e. The fraction of sp³-hybridized carbons (Fsp3) is 0.412. The molecule has 0 spiro atoms. The van der Waals surface area contributed by atoms with E-state index in [4.69, 9.17) is 0 Å². The topological polar surface area (TPSA) is 38.1 Å². The maximum atomic E-state index is 12.6. The van der Waals surface area contributed by atoms with Gasteiger partial charge in [-0.25, -0.2) is 0 Å². The van der Waals surface area contributed by atoms with E-state index in [1.165, 1.54) is 11.1 Å². The third kappa shape index (κ3) is 2.58. The van der Waals surface area contributed by atoms with E-state index in [2.05, 4.69) is 39.2 Å². The Morgan fingerprint density at radius 1 is 1.41 bits per heavy atom. The van der Waals surface area contributed by atoms with Gasteiger partial charge in [0.15, 0.2) is 0 Å². The Morgan fingerprint density at radius 2 is 2.14 bits per heavy atom. The summed E-state index contributed by atoms with van der Waals surface area (Å²) in [5.74, 6) is 0.0970. The van der Waals surface area contributed by atoms with E-state index >= 15 is 0 Å². The molecule has 0 radical (unpaired) electrons. The van der Waals surface area contributed by atoms with E-state index < -0.39 is 0 Å². The average Bonchev–Trinajstić information content (AvgIpc) is 3.04. The predicted molar refractivity (Wildman–Crippen MR) is 89.7 cm³/mol. The molecule has 0 unspecified atom stereocenters. The van der Waals surface area contributed by atoms with Gasteiger partial charge in [-0.05, 0) is 53.7 Å². The van der Waals surface area contributed by atoms with E-state index in [-0.39, 0.29) is 18.5 Å². The van der Waals surface area contributed by atoms with Crippen LogP contribution in [0.4, 0.5) is 0 Å². The molecule has 0 saturated carbocycles. The first-order chi connectivity index (χ1) is 10.5. The molecule has 5 heteroatoms. The summed E-state index contributed by atoms with van der Waals surface area (Å²) in [6.07, 6.45) is 2.05. The van der Waals surface area contributed by atoms with Crippen LogP contribution in [0.1, 0.15) is 35.0 Å². The van der Waals surface area contributed by atoms with Crippen LogP contribution in [0.5, 0.6) is 0 Å². The highest BCUT2D eigenvalue weighted by Gasteiger charge is 2.28. The van der Waals surface area contributed by atoms with Crippen LogP contribution in [0.3, 0.4) is 0 Å². The number of amides is 1. The van der Waals surface area contributed by atoms with Gasteiger partial charge in [0.1, 0.15) is 6.54 Å². The fourth-order valence-electron chi connectivity index (χ4n) is 3.18. The molecule has 2 aromatic rings. The zero-order valence-electron chi connectivity index (χ0n) is 13.1. The van der Waals surface area contributed by atoms with Crippen LogP contribution in [-0.4, -0.2) is 27.6 Å². The van der Waals surface area contributed by atoms with Gasteiger partial charge in [0.2, 0.25) is 5.91 Å². The van der Waals surface area contributed by atoms with Crippen molar-refractivity contribution in [1.82, 2.24) is 14.7 Å². The number of benzene rings is 1. The molecule has 0 aliphatic heterocycles. The highest BCUT2D eigenvalue weighted by atomic mass is 79.9. The molecule has 1 aliphatic carbocycles. The average molecular weight is 362 g/mol. The molecule has 3 rings (SSSR count). The lowest BCUT2D eigenvalue weighted by Crippen LogP contribution is -2.33. The maximum absolute atomic E-state index is 12.6. The Morgan fingerprint density at radius 3 is 2.82 bits per heavy atom. The Bertz CT molecular complexity index is 723. The molecule has 0 N–H and O–H groups in total. The Kier molecular flexibility index (Phi) is 4.08. The summed E-state index contributed by atoms with van der Waals surface area (Å²) in [4.78, 5) is 14.5. The number of rotatable bonds is 3. The van der Waals surface area contributed by atoms with E-state index in [0.717, 1.165) is 28.7 Å². The highest BCUT2D eigenvalue weighted by Crippen LogP contribution is 2.35. The molecule has 1 aromatic heterocycles. The van der Waals surface area contributed by atoms with Crippen LogP contribution in [0.25, 0.3) is 0 Å². The molecule has 22 heavy (non-hydrogen) atoms. The first kappa shape index (κ1) is 15.3. The lowest BCUT2D eigenvalue weighted by molar-refractivity contribution is -0.133. The molecule has 0 saturated heterocycles. The molecule has 1 atom stereocenters. The van der Waals surface area contributed by atoms with Crippen LogP contribution in [0, 0.1) is 13.8 Å². The Hall–Kier alpha value is -1.62. The van der Waals surface area contributed by atoms with Gasteiger partial charge in [-0.1, -0.05) is 24.3 Å². The molecule has 4 nitrogen and oxygen atoms in total. The molecule has 1 amide bonds. The second-order valence-electron chi connectivity index (χ2n) is 5.90. The van der Waals surface area contributed by atoms with E-state index in [1.54, 1.807) is 4.68 Å². The van der Waals surface area contributed by atoms with Crippen LogP contribution in [0.2, 0.25) is 0 Å². The number of aromatic nitrogens is 2. The molecule has 0 bridgehead atoms. The summed E-state index contributed by atoms with van der Waals surface area (Å²) in [6.45, 7) is 4.20. The SMILES string of the molecule is Cc1nn(CC(=O)N(C)[C@@H]2CCc3ccccc32)c(C)c1Br. The molecule has 1 heterocycles. The summed E-state index contributed by atoms with van der Waals surface area (Å²) in [6, 6.07) is 8.59. The fourth-order valence-corrected chi connectivity index (χ4v) is 3.46. The number of halogens is 1. The zero-order valence-corrected chi connectivity index (χ0v) is 14.7. The molecular weight excluding hydrogens is 342 g/mol. The predicted octanol–water partition coefficient (Wildman–Crippen LogP) is 3.41. The summed E-state index contributed by atoms with van der Waals surface area (Å²) in [7, 11) is 1.90. The minimum Gasteiger partial charge on any atom is -0.337 e. The van der Waals surface area contributed by atoms with Crippen LogP contribution >= 0.6 is 15.9 Å². The minimum atomic E-state index is 0.0970. The van der Waals surface area contributed by atoms with Crippen molar-refractivity contribution in [2.24, 2.45) is 0 Å². The second kappa shape index (κ2) is 5.88. The van der Waals surface area contributed by atoms with Gasteiger partial charge in [0.05, 0.1) is 21.9 Å². The van der Waals surface area contributed by atoms with Crippen molar-refractivity contribution in [1.29, 1.82) is 0 Å². The van der Waals surface area contributed by atoms with Gasteiger partial charge in [0, 0.05) is 7.05 Å². The number of carbonyl (C=O) groups is 1. The van der Waals surface area contributed by atoms with Crippen LogP contribution < -0.4 is 0 Å². The van der Waals surface area contributed by atoms with E-state index in [0.29, 0.717) is 0 Å². The molecule has 1 aromatic carbocycles. The largest absolute Gasteiger partial charge is 0.337 e. The molecule has 1 aliphatic rings. The van der Waals surface area contributed by atoms with Crippen molar-refractivity contribution < 1.29 is 4.79 Å². The quantitative estimate of drug-likeness (QED) is 0.839. The molecular formula is C17H20BrN3O. The Balaban J connectivity index is 1.77. The van der Waals surface area contributed by atoms with Crippen LogP contribution in [-0.2, 0) is 17.8 Å². The number of likely N-dealkylation sites (N-methyl/N-ethyl adjacent to an activating group) is 1. The lowest BCUT2D eigenvalue weighted by atomic mass is 10.1. The van der Waals surface area contributed by atoms with Crippen molar-refractivity contribution >= 4 is 21.8 Å². The summed E-state index contributed by atoms with van der Waals surface area (Å²) >= 11 is 3.51. The van der Waals surface area contributed by atoms with Gasteiger partial charge in [0.25, 0.3) is 0 Å². The van der Waals surface area contributed by atoms with Crippen molar-refractivity contribution in [2.45, 2.75) is 39.3 Å². The van der Waals surface area contributed by atoms with Crippen LogP contribution in [0.15, 0.2) is 28.7 Å². The van der Waals surface area contributed by atoms with Gasteiger partial charge in [-0.2, -0.15) is 5.10 Å². The van der Waals surface area contributed by atoms with Crippen molar-refractivity contribution in [3.63, 3.8) is 0 Å². The van der Waals surface area contributed by atoms with Crippen molar-refractivity contribution in [3.05, 3.63) is 51.3 Å². The number of nitrogens with zero attached hydrogens (tertiary/aromatic N) is 3. The summed E-state index contributed by atoms with van der Waals surface area (Å²) in [5, 5.41) is 4.43. The minimum absolute atomic E-state index is 0.0970. The number of carbonyl (C=O) groups excluding carboxylic acids is 1. The Labute approximate surface area is 139 Å². The third-order valence-corrected chi connectivity index (χ3v) is 5.69. The standard InChI is InChI=1S/C17H20BrN3O/c1-11-17(18)12(2)21(19-11)10-16(22)20(3)15-9-8-13-6-4-5-7-14(13)15/h4-7,15H,8-10H2,1-3H3/t15-/m1/s1. The third-order valence-electron chi connectivity index (χ3n) is 4.54. The molecule has 116 valence electrons. The smallest absolute Gasteiger partial charge is 0.244 e. The second-order valence-corrected chi connectivity index (χ2v) is 6.69. The van der Waals surface area contributed by atoms with Crippen molar-refractivity contribution in [2.75, 3.05) is 7.05 Å². The first-order valence-corrected chi connectivity index (χ1v) is 8.31. The number of hydrogen-bond donors (Lipinski definition) is 0. The monoisotopic (exact) mass is 361 g/mol. The first-order valence-electron chi connectivity index (χ1n) is 7.52. The van der Waals surface area contributed by atoms with Crippen molar-refractivity contribution in [3.8, 4) is 0 Å². The lowest BCUT2D eigenvalue weighted by Gasteiger charge is -2.25. The zero-order chi connectivity index (χ0) is 15.9. The summed E-state index contributed by atoms with van der Waals surface area (Å²) < 4.78 is 2.76. The van der Waals surface area contributed by atoms with E-state index in [1.807, 2.05) is 31.9 Å². The van der Waals surface area contributed by atoms with Gasteiger partial charge < -0.3 is 4.90 Å². The normalized spacial score (nSPS) is 16.6.